The monoisotopic (exact) mass is 229 g/mol. The molecule has 94 valence electrons. The highest BCUT2D eigenvalue weighted by atomic mass is 16.5. The first-order valence-corrected chi connectivity index (χ1v) is 6.22. The summed E-state index contributed by atoms with van der Waals surface area (Å²) in [7, 11) is 0. The Bertz CT molecular complexity index is 209. The second kappa shape index (κ2) is 5.93. The Kier molecular flexibility index (Phi) is 4.55. The highest BCUT2D eigenvalue weighted by molar-refractivity contribution is 4.85. The summed E-state index contributed by atoms with van der Waals surface area (Å²) in [5.74, 6) is 0. The largest absolute Gasteiger partial charge is 0.390 e. The normalized spacial score (nSPS) is 30.8. The molecule has 0 saturated carbocycles. The summed E-state index contributed by atoms with van der Waals surface area (Å²) in [5.41, 5.74) is 5.42. The van der Waals surface area contributed by atoms with Gasteiger partial charge < -0.3 is 15.6 Å². The summed E-state index contributed by atoms with van der Waals surface area (Å²) in [4.78, 5) is 4.83. The molecule has 2 heterocycles. The van der Waals surface area contributed by atoms with E-state index in [1.54, 1.807) is 0 Å². The van der Waals surface area contributed by atoms with Crippen molar-refractivity contribution in [3.8, 4) is 0 Å². The average Bonchev–Trinajstić information content (AvgIpc) is 2.78. The number of β-amino-alcohol motifs (C(OH)–C–C–N with tert-alkyl or cyclic N) is 1. The maximum Gasteiger partial charge on any atom is 0.0789 e. The average molecular weight is 229 g/mol. The van der Waals surface area contributed by atoms with E-state index in [2.05, 4.69) is 9.80 Å². The molecule has 0 aromatic carbocycles. The molecule has 2 rings (SSSR count). The molecule has 16 heavy (non-hydrogen) atoms. The molecule has 0 aromatic heterocycles. The predicted octanol–water partition coefficient (Wildman–Crippen LogP) is -1.29. The number of hydrogen-bond acceptors (Lipinski definition) is 5. The van der Waals surface area contributed by atoms with Gasteiger partial charge in [0.25, 0.3) is 0 Å². The number of likely N-dealkylation sites (tertiary alicyclic amines) is 1. The number of aliphatic hydroxyl groups is 1. The van der Waals surface area contributed by atoms with Crippen molar-refractivity contribution in [3.63, 3.8) is 0 Å². The van der Waals surface area contributed by atoms with E-state index in [0.717, 1.165) is 45.9 Å². The highest BCUT2D eigenvalue weighted by Gasteiger charge is 2.29. The number of ether oxygens (including phenoxy) is 1. The lowest BCUT2D eigenvalue weighted by molar-refractivity contribution is 0.0175. The molecule has 0 aromatic rings. The summed E-state index contributed by atoms with van der Waals surface area (Å²) in [5, 5.41) is 9.51. The number of morpholine rings is 1. The first-order chi connectivity index (χ1) is 7.79. The molecule has 2 fully saturated rings. The van der Waals surface area contributed by atoms with Crippen molar-refractivity contribution in [1.82, 2.24) is 9.80 Å². The summed E-state index contributed by atoms with van der Waals surface area (Å²) in [6.45, 7) is 7.06. The third-order valence-electron chi connectivity index (χ3n) is 3.55. The van der Waals surface area contributed by atoms with Gasteiger partial charge in [-0.15, -0.1) is 0 Å². The van der Waals surface area contributed by atoms with Crippen LogP contribution in [0.25, 0.3) is 0 Å². The molecule has 5 nitrogen and oxygen atoms in total. The van der Waals surface area contributed by atoms with Gasteiger partial charge in [0, 0.05) is 38.8 Å². The van der Waals surface area contributed by atoms with Crippen LogP contribution < -0.4 is 5.73 Å². The van der Waals surface area contributed by atoms with Crippen LogP contribution >= 0.6 is 0 Å². The van der Waals surface area contributed by atoms with Gasteiger partial charge >= 0.3 is 0 Å². The van der Waals surface area contributed by atoms with Crippen LogP contribution in [0, 0.1) is 0 Å². The van der Waals surface area contributed by atoms with Crippen molar-refractivity contribution in [2.75, 3.05) is 52.5 Å². The van der Waals surface area contributed by atoms with Crippen molar-refractivity contribution in [2.45, 2.75) is 18.6 Å². The van der Waals surface area contributed by atoms with E-state index in [-0.39, 0.29) is 6.10 Å². The third kappa shape index (κ3) is 3.15. The van der Waals surface area contributed by atoms with Crippen LogP contribution in [0.3, 0.4) is 0 Å². The molecule has 0 spiro atoms. The molecular weight excluding hydrogens is 206 g/mol. The Morgan fingerprint density at radius 3 is 2.75 bits per heavy atom. The smallest absolute Gasteiger partial charge is 0.0789 e. The van der Waals surface area contributed by atoms with Gasteiger partial charge in [-0.1, -0.05) is 0 Å². The zero-order valence-electron chi connectivity index (χ0n) is 9.85. The van der Waals surface area contributed by atoms with Crippen LogP contribution in [0.15, 0.2) is 0 Å². The van der Waals surface area contributed by atoms with E-state index in [0.29, 0.717) is 12.6 Å². The lowest BCUT2D eigenvalue weighted by Gasteiger charge is -2.32. The summed E-state index contributed by atoms with van der Waals surface area (Å²) < 4.78 is 5.36. The zero-order chi connectivity index (χ0) is 11.4. The molecular formula is C11H23N3O2. The van der Waals surface area contributed by atoms with Crippen molar-refractivity contribution in [2.24, 2.45) is 5.73 Å². The Morgan fingerprint density at radius 2 is 2.06 bits per heavy atom. The van der Waals surface area contributed by atoms with E-state index in [9.17, 15) is 5.11 Å². The Balaban J connectivity index is 1.74. The molecule has 2 atom stereocenters. The molecule has 3 N–H and O–H groups in total. The fourth-order valence-electron chi connectivity index (χ4n) is 2.59. The minimum Gasteiger partial charge on any atom is -0.390 e. The Hall–Kier alpha value is -0.200. The molecule has 0 bridgehead atoms. The zero-order valence-corrected chi connectivity index (χ0v) is 9.85. The van der Waals surface area contributed by atoms with Gasteiger partial charge in [-0.3, -0.25) is 9.80 Å². The summed E-state index contributed by atoms with van der Waals surface area (Å²) >= 11 is 0. The van der Waals surface area contributed by atoms with Crippen molar-refractivity contribution >= 4 is 0 Å². The lowest BCUT2D eigenvalue weighted by Crippen LogP contribution is -2.45. The molecule has 2 unspecified atom stereocenters. The topological polar surface area (TPSA) is 62.0 Å². The van der Waals surface area contributed by atoms with Gasteiger partial charge in [0.05, 0.1) is 19.3 Å². The van der Waals surface area contributed by atoms with Gasteiger partial charge in [0.1, 0.15) is 0 Å². The number of nitrogens with zero attached hydrogens (tertiary/aromatic N) is 2. The van der Waals surface area contributed by atoms with E-state index < -0.39 is 0 Å². The van der Waals surface area contributed by atoms with Crippen LogP contribution in [0.1, 0.15) is 6.42 Å². The van der Waals surface area contributed by atoms with Crippen LogP contribution in [0.2, 0.25) is 0 Å². The maximum absolute atomic E-state index is 9.51. The molecule has 0 radical (unpaired) electrons. The number of rotatable bonds is 4. The third-order valence-corrected chi connectivity index (χ3v) is 3.55. The predicted molar refractivity (Wildman–Crippen MR) is 62.3 cm³/mol. The number of aliphatic hydroxyl groups excluding tert-OH is 1. The highest BCUT2D eigenvalue weighted by Crippen LogP contribution is 2.16. The molecule has 2 aliphatic heterocycles. The summed E-state index contributed by atoms with van der Waals surface area (Å²) in [6, 6.07) is 0.647. The molecule has 0 amide bonds. The molecule has 2 saturated heterocycles. The first-order valence-electron chi connectivity index (χ1n) is 6.22. The second-order valence-electron chi connectivity index (χ2n) is 4.74. The van der Waals surface area contributed by atoms with Crippen LogP contribution in [-0.4, -0.2) is 79.5 Å². The quantitative estimate of drug-likeness (QED) is 0.628. The Morgan fingerprint density at radius 1 is 1.31 bits per heavy atom. The van der Waals surface area contributed by atoms with E-state index in [1.165, 1.54) is 6.42 Å². The van der Waals surface area contributed by atoms with Gasteiger partial charge in [0.15, 0.2) is 0 Å². The fraction of sp³-hybridized carbons (Fsp3) is 1.00. The summed E-state index contributed by atoms with van der Waals surface area (Å²) in [6.07, 6.45) is 0.834. The van der Waals surface area contributed by atoms with Crippen molar-refractivity contribution in [3.05, 3.63) is 0 Å². The van der Waals surface area contributed by atoms with Crippen LogP contribution in [-0.2, 0) is 4.74 Å². The van der Waals surface area contributed by atoms with E-state index >= 15 is 0 Å². The first kappa shape index (κ1) is 12.3. The second-order valence-corrected chi connectivity index (χ2v) is 4.74. The fourth-order valence-corrected chi connectivity index (χ4v) is 2.59. The molecule has 2 aliphatic rings. The number of hydrogen-bond donors (Lipinski definition) is 2. The SMILES string of the molecule is NCC(O)CN1CCC(N2CCOCC2)C1. The van der Waals surface area contributed by atoms with Gasteiger partial charge in [-0.25, -0.2) is 0 Å². The lowest BCUT2D eigenvalue weighted by atomic mass is 10.2. The van der Waals surface area contributed by atoms with E-state index in [1.807, 2.05) is 0 Å². The van der Waals surface area contributed by atoms with Crippen LogP contribution in [0.5, 0.6) is 0 Å². The van der Waals surface area contributed by atoms with Gasteiger partial charge in [-0.2, -0.15) is 0 Å². The maximum atomic E-state index is 9.51. The Labute approximate surface area is 97.1 Å². The van der Waals surface area contributed by atoms with Gasteiger partial charge in [-0.05, 0) is 13.0 Å². The van der Waals surface area contributed by atoms with E-state index in [4.69, 9.17) is 10.5 Å². The standard InChI is InChI=1S/C11H23N3O2/c12-7-11(15)9-13-2-1-10(8-13)14-3-5-16-6-4-14/h10-11,15H,1-9,12H2. The van der Waals surface area contributed by atoms with Crippen LogP contribution in [0.4, 0.5) is 0 Å². The molecule has 0 aliphatic carbocycles. The van der Waals surface area contributed by atoms with Crippen molar-refractivity contribution < 1.29 is 9.84 Å². The minimum absolute atomic E-state index is 0.360. The number of nitrogens with two attached hydrogens (primary N) is 1. The molecule has 5 heteroatoms. The minimum atomic E-state index is -0.372. The van der Waals surface area contributed by atoms with Crippen molar-refractivity contribution in [1.29, 1.82) is 0 Å². The van der Waals surface area contributed by atoms with Gasteiger partial charge in [0.2, 0.25) is 0 Å².